The lowest BCUT2D eigenvalue weighted by Crippen LogP contribution is -2.48. The molecule has 0 spiro atoms. The number of carbonyl (C=O) groups excluding carboxylic acids is 1. The lowest BCUT2D eigenvalue weighted by molar-refractivity contribution is -0.119. The number of piperazine rings is 1. The summed E-state index contributed by atoms with van der Waals surface area (Å²) >= 11 is 0. The molecule has 0 N–H and O–H groups in total. The Bertz CT molecular complexity index is 1100. The van der Waals surface area contributed by atoms with Crippen LogP contribution in [-0.2, 0) is 11.2 Å². The van der Waals surface area contributed by atoms with Crippen LogP contribution in [0.2, 0.25) is 0 Å². The van der Waals surface area contributed by atoms with Crippen molar-refractivity contribution < 1.29 is 4.79 Å². The van der Waals surface area contributed by atoms with Crippen LogP contribution >= 0.6 is 0 Å². The molecular formula is C28H28N4O. The van der Waals surface area contributed by atoms with Gasteiger partial charge in [0.05, 0.1) is 17.3 Å². The Labute approximate surface area is 195 Å². The molecule has 1 saturated heterocycles. The highest BCUT2D eigenvalue weighted by atomic mass is 16.1. The summed E-state index contributed by atoms with van der Waals surface area (Å²) in [6.45, 7) is 3.50. The maximum Gasteiger partial charge on any atom is 0.140 e. The van der Waals surface area contributed by atoms with Crippen LogP contribution in [0.1, 0.15) is 41.1 Å². The molecule has 5 rings (SSSR count). The molecule has 1 unspecified atom stereocenters. The lowest BCUT2D eigenvalue weighted by Gasteiger charge is -2.41. The van der Waals surface area contributed by atoms with E-state index in [-0.39, 0.29) is 12.0 Å². The van der Waals surface area contributed by atoms with Crippen molar-refractivity contribution in [3.63, 3.8) is 0 Å². The molecule has 5 heteroatoms. The van der Waals surface area contributed by atoms with Gasteiger partial charge in [-0.15, -0.1) is 0 Å². The van der Waals surface area contributed by atoms with E-state index in [9.17, 15) is 10.1 Å². The van der Waals surface area contributed by atoms with Gasteiger partial charge in [-0.3, -0.25) is 14.7 Å². The number of nitrogens with zero attached hydrogens (tertiary/aromatic N) is 4. The fourth-order valence-electron chi connectivity index (χ4n) is 4.83. The Morgan fingerprint density at radius 3 is 2.33 bits per heavy atom. The zero-order valence-corrected chi connectivity index (χ0v) is 18.7. The second-order valence-electron chi connectivity index (χ2n) is 9.00. The molecular weight excluding hydrogens is 408 g/mol. The molecule has 1 atom stereocenters. The van der Waals surface area contributed by atoms with Gasteiger partial charge >= 0.3 is 0 Å². The summed E-state index contributed by atoms with van der Waals surface area (Å²) in [6.07, 6.45) is 6.20. The van der Waals surface area contributed by atoms with Gasteiger partial charge in [-0.25, -0.2) is 0 Å². The standard InChI is InChI=1S/C28H28N4O/c29-20-25-18-21(19-27(33)22-7-8-22)6-9-26(25)31-14-16-32(17-15-31)28(23-4-2-1-3-5-23)24-10-12-30-13-11-24/h1-6,9-13,18,22,28H,7-8,14-17,19H2. The number of hydrogen-bond acceptors (Lipinski definition) is 5. The normalized spacial score (nSPS) is 17.4. The molecule has 2 aromatic carbocycles. The fraction of sp³-hybridized carbons (Fsp3) is 0.321. The van der Waals surface area contributed by atoms with Crippen LogP contribution in [0, 0.1) is 17.2 Å². The van der Waals surface area contributed by atoms with Crippen molar-refractivity contribution >= 4 is 11.5 Å². The molecule has 5 nitrogen and oxygen atoms in total. The number of rotatable bonds is 7. The van der Waals surface area contributed by atoms with Crippen LogP contribution in [-0.4, -0.2) is 41.8 Å². The van der Waals surface area contributed by atoms with Crippen LogP contribution in [0.25, 0.3) is 0 Å². The van der Waals surface area contributed by atoms with E-state index in [0.717, 1.165) is 50.3 Å². The predicted molar refractivity (Wildman–Crippen MR) is 129 cm³/mol. The topological polar surface area (TPSA) is 60.2 Å². The number of carbonyl (C=O) groups is 1. The molecule has 33 heavy (non-hydrogen) atoms. The van der Waals surface area contributed by atoms with Gasteiger partial charge in [0, 0.05) is 50.9 Å². The molecule has 2 fully saturated rings. The fourth-order valence-corrected chi connectivity index (χ4v) is 4.83. The molecule has 0 bridgehead atoms. The molecule has 0 radical (unpaired) electrons. The first-order chi connectivity index (χ1) is 16.2. The predicted octanol–water partition coefficient (Wildman–Crippen LogP) is 4.39. The highest BCUT2D eigenvalue weighted by molar-refractivity contribution is 5.85. The second kappa shape index (κ2) is 9.56. The summed E-state index contributed by atoms with van der Waals surface area (Å²) in [6, 6.07) is 23.3. The van der Waals surface area contributed by atoms with Crippen LogP contribution < -0.4 is 4.90 Å². The van der Waals surface area contributed by atoms with E-state index >= 15 is 0 Å². The summed E-state index contributed by atoms with van der Waals surface area (Å²) in [7, 11) is 0. The number of Topliss-reactive ketones (excluding diaryl/α,β-unsaturated/α-hetero) is 1. The number of nitriles is 1. The monoisotopic (exact) mass is 436 g/mol. The van der Waals surface area contributed by atoms with Crippen LogP contribution in [0.5, 0.6) is 0 Å². The van der Waals surface area contributed by atoms with Crippen molar-refractivity contribution in [3.05, 3.63) is 95.3 Å². The SMILES string of the molecule is N#Cc1cc(CC(=O)C2CC2)ccc1N1CCN(C(c2ccccc2)c2ccncc2)CC1. The second-order valence-corrected chi connectivity index (χ2v) is 9.00. The molecule has 3 aromatic rings. The maximum absolute atomic E-state index is 12.2. The first kappa shape index (κ1) is 21.4. The van der Waals surface area contributed by atoms with Gasteiger partial charge in [0.1, 0.15) is 11.9 Å². The zero-order valence-electron chi connectivity index (χ0n) is 18.7. The van der Waals surface area contributed by atoms with Gasteiger partial charge in [-0.2, -0.15) is 5.26 Å². The quantitative estimate of drug-likeness (QED) is 0.550. The van der Waals surface area contributed by atoms with E-state index in [1.165, 1.54) is 11.1 Å². The Kier molecular flexibility index (Phi) is 6.19. The van der Waals surface area contributed by atoms with Crippen LogP contribution in [0.3, 0.4) is 0 Å². The van der Waals surface area contributed by atoms with E-state index in [0.29, 0.717) is 17.8 Å². The van der Waals surface area contributed by atoms with E-state index in [1.54, 1.807) is 0 Å². The van der Waals surface area contributed by atoms with Gasteiger partial charge in [0.2, 0.25) is 0 Å². The summed E-state index contributed by atoms with van der Waals surface area (Å²) < 4.78 is 0. The first-order valence-corrected chi connectivity index (χ1v) is 11.7. The average Bonchev–Trinajstić information content (AvgIpc) is 3.72. The molecule has 0 amide bonds. The van der Waals surface area contributed by atoms with E-state index in [2.05, 4.69) is 63.3 Å². The Morgan fingerprint density at radius 2 is 1.67 bits per heavy atom. The van der Waals surface area contributed by atoms with E-state index in [4.69, 9.17) is 0 Å². The number of aromatic nitrogens is 1. The third-order valence-electron chi connectivity index (χ3n) is 6.75. The highest BCUT2D eigenvalue weighted by Gasteiger charge is 2.30. The molecule has 1 saturated carbocycles. The number of benzene rings is 2. The third-order valence-corrected chi connectivity index (χ3v) is 6.75. The summed E-state index contributed by atoms with van der Waals surface area (Å²) in [5.41, 5.74) is 5.11. The summed E-state index contributed by atoms with van der Waals surface area (Å²) in [5.74, 6) is 0.560. The van der Waals surface area contributed by atoms with Gasteiger partial charge in [-0.05, 0) is 53.8 Å². The van der Waals surface area contributed by atoms with Crippen molar-refractivity contribution in [3.8, 4) is 6.07 Å². The average molecular weight is 437 g/mol. The Morgan fingerprint density at radius 1 is 0.970 bits per heavy atom. The zero-order chi connectivity index (χ0) is 22.6. The van der Waals surface area contributed by atoms with E-state index < -0.39 is 0 Å². The van der Waals surface area contributed by atoms with Crippen LogP contribution in [0.4, 0.5) is 5.69 Å². The lowest BCUT2D eigenvalue weighted by atomic mass is 9.97. The molecule has 1 aliphatic heterocycles. The van der Waals surface area contributed by atoms with Crippen molar-refractivity contribution in [1.82, 2.24) is 9.88 Å². The van der Waals surface area contributed by atoms with Crippen molar-refractivity contribution in [2.24, 2.45) is 5.92 Å². The van der Waals surface area contributed by atoms with Crippen molar-refractivity contribution in [2.45, 2.75) is 25.3 Å². The first-order valence-electron chi connectivity index (χ1n) is 11.7. The van der Waals surface area contributed by atoms with Crippen molar-refractivity contribution in [1.29, 1.82) is 5.26 Å². The third kappa shape index (κ3) is 4.81. The largest absolute Gasteiger partial charge is 0.368 e. The highest BCUT2D eigenvalue weighted by Crippen LogP contribution is 2.33. The molecule has 2 heterocycles. The number of hydrogen-bond donors (Lipinski definition) is 0. The summed E-state index contributed by atoms with van der Waals surface area (Å²) in [5, 5.41) is 9.79. The minimum atomic E-state index is 0.183. The summed E-state index contributed by atoms with van der Waals surface area (Å²) in [4.78, 5) is 21.2. The Hall–Kier alpha value is -3.49. The smallest absolute Gasteiger partial charge is 0.140 e. The molecule has 166 valence electrons. The van der Waals surface area contributed by atoms with Gasteiger partial charge < -0.3 is 4.90 Å². The van der Waals surface area contributed by atoms with Gasteiger partial charge in [0.25, 0.3) is 0 Å². The maximum atomic E-state index is 12.2. The van der Waals surface area contributed by atoms with Gasteiger partial charge in [-0.1, -0.05) is 36.4 Å². The van der Waals surface area contributed by atoms with E-state index in [1.807, 2.05) is 30.6 Å². The molecule has 1 aliphatic carbocycles. The number of anilines is 1. The number of pyridine rings is 1. The van der Waals surface area contributed by atoms with Crippen LogP contribution in [0.15, 0.2) is 73.1 Å². The Balaban J connectivity index is 1.31. The van der Waals surface area contributed by atoms with Crippen molar-refractivity contribution in [2.75, 3.05) is 31.1 Å². The minimum Gasteiger partial charge on any atom is -0.368 e. The number of ketones is 1. The molecule has 2 aliphatic rings. The molecule has 1 aromatic heterocycles. The van der Waals surface area contributed by atoms with Gasteiger partial charge in [0.15, 0.2) is 0 Å². The minimum absolute atomic E-state index is 0.183.